The lowest BCUT2D eigenvalue weighted by Gasteiger charge is -2.12. The van der Waals surface area contributed by atoms with E-state index in [1.807, 2.05) is 30.3 Å². The number of aromatic nitrogens is 1. The number of hydrogen-bond acceptors (Lipinski definition) is 7. The van der Waals surface area contributed by atoms with Gasteiger partial charge >= 0.3 is 0 Å². The molecule has 0 spiro atoms. The first-order valence-electron chi connectivity index (χ1n) is 6.10. The molecule has 0 saturated carbocycles. The summed E-state index contributed by atoms with van der Waals surface area (Å²) < 4.78 is 1.37. The van der Waals surface area contributed by atoms with E-state index < -0.39 is 5.90 Å². The SMILES string of the molecule is Cl.N/N=C(\[O-])C[n+]1c(N)ccc(N=Nc2ccccc2)c1N. The van der Waals surface area contributed by atoms with E-state index in [9.17, 15) is 5.11 Å². The monoisotopic (exact) mass is 321 g/mol. The summed E-state index contributed by atoms with van der Waals surface area (Å²) in [6.07, 6.45) is 0. The molecule has 2 aromatic rings. The van der Waals surface area contributed by atoms with Crippen molar-refractivity contribution in [3.05, 3.63) is 42.5 Å². The molecule has 0 fully saturated rings. The highest BCUT2D eigenvalue weighted by Crippen LogP contribution is 2.22. The van der Waals surface area contributed by atoms with E-state index in [-0.39, 0.29) is 24.8 Å². The van der Waals surface area contributed by atoms with Gasteiger partial charge in [0.05, 0.1) is 5.69 Å². The van der Waals surface area contributed by atoms with E-state index >= 15 is 0 Å². The Morgan fingerprint density at radius 1 is 1.05 bits per heavy atom. The van der Waals surface area contributed by atoms with Crippen molar-refractivity contribution in [1.82, 2.24) is 0 Å². The van der Waals surface area contributed by atoms with Crippen molar-refractivity contribution >= 4 is 41.3 Å². The number of pyridine rings is 1. The van der Waals surface area contributed by atoms with E-state index in [1.165, 1.54) is 4.57 Å². The first-order valence-corrected chi connectivity index (χ1v) is 6.10. The molecular weight excluding hydrogens is 306 g/mol. The van der Waals surface area contributed by atoms with Crippen molar-refractivity contribution in [2.75, 3.05) is 11.5 Å². The highest BCUT2D eigenvalue weighted by molar-refractivity contribution is 5.85. The lowest BCUT2D eigenvalue weighted by atomic mass is 10.3. The molecule has 116 valence electrons. The molecule has 0 saturated heterocycles. The third-order valence-electron chi connectivity index (χ3n) is 2.74. The summed E-state index contributed by atoms with van der Waals surface area (Å²) in [6, 6.07) is 12.4. The zero-order valence-corrected chi connectivity index (χ0v) is 12.4. The normalized spacial score (nSPS) is 11.4. The van der Waals surface area contributed by atoms with Gasteiger partial charge in [-0.15, -0.1) is 17.5 Å². The fourth-order valence-corrected chi connectivity index (χ4v) is 1.66. The van der Waals surface area contributed by atoms with Crippen LogP contribution in [0.4, 0.5) is 23.0 Å². The van der Waals surface area contributed by atoms with Crippen LogP contribution < -0.4 is 27.0 Å². The molecule has 8 nitrogen and oxygen atoms in total. The van der Waals surface area contributed by atoms with Crippen LogP contribution in [-0.4, -0.2) is 5.90 Å². The lowest BCUT2D eigenvalue weighted by Crippen LogP contribution is -2.46. The van der Waals surface area contributed by atoms with E-state index in [0.29, 0.717) is 17.2 Å². The fraction of sp³-hybridized carbons (Fsp3) is 0.0769. The Morgan fingerprint density at radius 3 is 2.36 bits per heavy atom. The summed E-state index contributed by atoms with van der Waals surface area (Å²) in [6.45, 7) is -0.150. The van der Waals surface area contributed by atoms with Crippen LogP contribution >= 0.6 is 12.4 Å². The maximum absolute atomic E-state index is 11.3. The smallest absolute Gasteiger partial charge is 0.247 e. The van der Waals surface area contributed by atoms with Crippen molar-refractivity contribution in [2.45, 2.75) is 6.54 Å². The molecular formula is C13H16ClN7O. The van der Waals surface area contributed by atoms with Crippen LogP contribution in [0.15, 0.2) is 57.8 Å². The molecule has 1 heterocycles. The number of halogens is 1. The topological polar surface area (TPSA) is 142 Å². The predicted octanol–water partition coefficient (Wildman–Crippen LogP) is 0.608. The molecule has 0 amide bonds. The highest BCUT2D eigenvalue weighted by Gasteiger charge is 2.12. The average molecular weight is 322 g/mol. The van der Waals surface area contributed by atoms with Gasteiger partial charge in [0, 0.05) is 12.0 Å². The van der Waals surface area contributed by atoms with E-state index in [0.717, 1.165) is 0 Å². The molecule has 0 atom stereocenters. The van der Waals surface area contributed by atoms with Crippen LogP contribution in [0.5, 0.6) is 0 Å². The van der Waals surface area contributed by atoms with Gasteiger partial charge in [-0.3, -0.25) is 0 Å². The second kappa shape index (κ2) is 7.79. The van der Waals surface area contributed by atoms with Crippen molar-refractivity contribution in [1.29, 1.82) is 0 Å². The number of nitrogens with zero attached hydrogens (tertiary/aromatic N) is 4. The second-order valence-electron chi connectivity index (χ2n) is 4.17. The van der Waals surface area contributed by atoms with Crippen LogP contribution in [0.25, 0.3) is 0 Å². The number of azo groups is 1. The Hall–Kier alpha value is -2.87. The zero-order chi connectivity index (χ0) is 15.2. The van der Waals surface area contributed by atoms with Gasteiger partial charge in [-0.25, -0.2) is 9.67 Å². The molecule has 1 aromatic heterocycles. The molecule has 0 radical (unpaired) electrons. The number of rotatable bonds is 4. The van der Waals surface area contributed by atoms with Crippen LogP contribution in [0.2, 0.25) is 0 Å². The van der Waals surface area contributed by atoms with Gasteiger partial charge in [0.1, 0.15) is 6.54 Å². The summed E-state index contributed by atoms with van der Waals surface area (Å²) in [4.78, 5) is 0. The summed E-state index contributed by atoms with van der Waals surface area (Å²) in [5, 5.41) is 22.5. The van der Waals surface area contributed by atoms with Crippen LogP contribution in [-0.2, 0) is 6.54 Å². The third-order valence-corrected chi connectivity index (χ3v) is 2.74. The Balaban J connectivity index is 0.00000242. The average Bonchev–Trinajstić information content (AvgIpc) is 2.51. The van der Waals surface area contributed by atoms with E-state index in [2.05, 4.69) is 15.3 Å². The van der Waals surface area contributed by atoms with Gasteiger partial charge in [-0.1, -0.05) is 18.2 Å². The summed E-state index contributed by atoms with van der Waals surface area (Å²) in [5.41, 5.74) is 12.8. The number of benzene rings is 1. The maximum Gasteiger partial charge on any atom is 0.247 e. The highest BCUT2D eigenvalue weighted by atomic mass is 35.5. The van der Waals surface area contributed by atoms with Crippen LogP contribution in [0.3, 0.4) is 0 Å². The van der Waals surface area contributed by atoms with Gasteiger partial charge in [-0.05, 0) is 18.2 Å². The van der Waals surface area contributed by atoms with Crippen molar-refractivity contribution in [3.63, 3.8) is 0 Å². The number of hydrazone groups is 1. The molecule has 0 aliphatic heterocycles. The lowest BCUT2D eigenvalue weighted by molar-refractivity contribution is -0.658. The third kappa shape index (κ3) is 4.06. The molecule has 0 aliphatic carbocycles. The Kier molecular flexibility index (Phi) is 6.09. The molecule has 1 aromatic carbocycles. The predicted molar refractivity (Wildman–Crippen MR) is 85.0 cm³/mol. The Morgan fingerprint density at radius 2 is 1.73 bits per heavy atom. The van der Waals surface area contributed by atoms with Crippen molar-refractivity contribution in [3.8, 4) is 0 Å². The number of anilines is 2. The van der Waals surface area contributed by atoms with Crippen LogP contribution in [0, 0.1) is 0 Å². The molecule has 0 bridgehead atoms. The molecule has 6 N–H and O–H groups in total. The first kappa shape index (κ1) is 17.2. The van der Waals surface area contributed by atoms with E-state index in [1.54, 1.807) is 12.1 Å². The Bertz CT molecular complexity index is 688. The molecule has 2 rings (SSSR count). The zero-order valence-electron chi connectivity index (χ0n) is 11.6. The molecule has 22 heavy (non-hydrogen) atoms. The molecule has 0 aliphatic rings. The van der Waals surface area contributed by atoms with Gasteiger partial charge in [0.15, 0.2) is 5.69 Å². The minimum absolute atomic E-state index is 0. The van der Waals surface area contributed by atoms with Gasteiger partial charge in [0.2, 0.25) is 11.6 Å². The van der Waals surface area contributed by atoms with Crippen LogP contribution in [0.1, 0.15) is 0 Å². The van der Waals surface area contributed by atoms with Crippen molar-refractivity contribution in [2.24, 2.45) is 21.2 Å². The number of hydrogen-bond donors (Lipinski definition) is 3. The minimum Gasteiger partial charge on any atom is -0.858 e. The quantitative estimate of drug-likeness (QED) is 0.189. The minimum atomic E-state index is -0.546. The largest absolute Gasteiger partial charge is 0.858 e. The fourth-order valence-electron chi connectivity index (χ4n) is 1.66. The number of nitrogens with two attached hydrogens (primary N) is 3. The van der Waals surface area contributed by atoms with Gasteiger partial charge < -0.3 is 22.4 Å². The standard InChI is InChI=1S/C13H15N7O.ClH/c14-11-7-6-10(13(15)20(11)8-12(21)17-16)19-18-9-4-2-1-3-5-9;/h1-7H,8H2,(H6,14,15,16,17,18,19,21);1H. The number of nitrogen functional groups attached to an aromatic ring is 2. The van der Waals surface area contributed by atoms with E-state index in [4.69, 9.17) is 17.3 Å². The summed E-state index contributed by atoms with van der Waals surface area (Å²) >= 11 is 0. The second-order valence-corrected chi connectivity index (χ2v) is 4.17. The van der Waals surface area contributed by atoms with Crippen molar-refractivity contribution < 1.29 is 9.67 Å². The Labute approximate surface area is 133 Å². The maximum atomic E-state index is 11.3. The first-order chi connectivity index (χ1) is 10.1. The van der Waals surface area contributed by atoms with Gasteiger partial charge in [0.25, 0.3) is 0 Å². The molecule has 0 unspecified atom stereocenters. The molecule has 9 heteroatoms. The summed E-state index contributed by atoms with van der Waals surface area (Å²) in [5.74, 6) is 4.91. The van der Waals surface area contributed by atoms with Gasteiger partial charge in [-0.2, -0.15) is 5.11 Å². The summed E-state index contributed by atoms with van der Waals surface area (Å²) in [7, 11) is 0.